The van der Waals surface area contributed by atoms with Crippen molar-refractivity contribution in [2.75, 3.05) is 20.3 Å². The van der Waals surface area contributed by atoms with Crippen molar-refractivity contribution in [3.8, 4) is 34.3 Å². The highest BCUT2D eigenvalue weighted by Crippen LogP contribution is 2.35. The van der Waals surface area contributed by atoms with Gasteiger partial charge >= 0.3 is 0 Å². The van der Waals surface area contributed by atoms with Crippen molar-refractivity contribution in [2.24, 2.45) is 0 Å². The Morgan fingerprint density at radius 2 is 1.60 bits per heavy atom. The first kappa shape index (κ1) is 30.0. The Labute approximate surface area is 236 Å². The molecule has 3 aromatic rings. The molecular formula is C27H30O15. The molecule has 0 radical (unpaired) electrons. The van der Waals surface area contributed by atoms with Crippen molar-refractivity contribution in [3.63, 3.8) is 0 Å². The van der Waals surface area contributed by atoms with Gasteiger partial charge in [0.2, 0.25) is 6.29 Å². The third-order valence-corrected chi connectivity index (χ3v) is 7.05. The van der Waals surface area contributed by atoms with Crippen molar-refractivity contribution in [3.05, 3.63) is 46.6 Å². The van der Waals surface area contributed by atoms with Gasteiger partial charge in [-0.15, -0.1) is 0 Å². The second-order valence-electron chi connectivity index (χ2n) is 9.89. The zero-order valence-corrected chi connectivity index (χ0v) is 22.0. The Bertz CT molecular complexity index is 1470. The van der Waals surface area contributed by atoms with E-state index in [0.717, 1.165) is 0 Å². The van der Waals surface area contributed by atoms with Crippen LogP contribution in [0.2, 0.25) is 0 Å². The highest BCUT2D eigenvalue weighted by atomic mass is 16.7. The Morgan fingerprint density at radius 3 is 2.31 bits per heavy atom. The van der Waals surface area contributed by atoms with Gasteiger partial charge in [-0.2, -0.15) is 0 Å². The predicted molar refractivity (Wildman–Crippen MR) is 139 cm³/mol. The molecule has 0 saturated carbocycles. The van der Waals surface area contributed by atoms with Crippen LogP contribution in [0, 0.1) is 0 Å². The van der Waals surface area contributed by atoms with E-state index in [1.165, 1.54) is 43.5 Å². The van der Waals surface area contributed by atoms with Gasteiger partial charge in [-0.25, -0.2) is 0 Å². The minimum atomic E-state index is -1.75. The molecule has 2 fully saturated rings. The normalized spacial score (nSPS) is 31.6. The summed E-state index contributed by atoms with van der Waals surface area (Å²) in [6, 6.07) is 7.67. The number of aliphatic hydroxyl groups excluding tert-OH is 6. The average molecular weight is 595 g/mol. The minimum Gasteiger partial charge on any atom is -0.504 e. The van der Waals surface area contributed by atoms with Crippen LogP contribution >= 0.6 is 0 Å². The molecule has 2 aliphatic heterocycles. The van der Waals surface area contributed by atoms with Crippen LogP contribution in [0.25, 0.3) is 22.3 Å². The number of phenols is 2. The van der Waals surface area contributed by atoms with Crippen molar-refractivity contribution < 1.29 is 69.0 Å². The lowest BCUT2D eigenvalue weighted by Gasteiger charge is -2.41. The number of phenolic OH excluding ortho intramolecular Hbond substituents is 2. The lowest BCUT2D eigenvalue weighted by Crippen LogP contribution is -2.61. The van der Waals surface area contributed by atoms with E-state index in [2.05, 4.69) is 0 Å². The molecule has 0 spiro atoms. The molecule has 0 unspecified atom stereocenters. The van der Waals surface area contributed by atoms with Crippen molar-refractivity contribution >= 4 is 11.0 Å². The van der Waals surface area contributed by atoms with Crippen LogP contribution in [-0.2, 0) is 14.2 Å². The number of ether oxygens (including phenoxy) is 5. The van der Waals surface area contributed by atoms with Crippen LogP contribution in [0.15, 0.2) is 45.6 Å². The van der Waals surface area contributed by atoms with E-state index in [1.807, 2.05) is 0 Å². The zero-order valence-electron chi connectivity index (χ0n) is 22.0. The topological polar surface area (TPSA) is 238 Å². The highest BCUT2D eigenvalue weighted by Gasteiger charge is 2.46. The second-order valence-corrected chi connectivity index (χ2v) is 9.89. The standard InChI is InChI=1S/C27H30O15/c1-37-17-5-11(6-18-20(17)14(30)7-16(41-18)10-2-3-12(28)13(29)4-10)40-27-25(36)23(34)22(33)19(42-27)9-39-26-24(35)21(32)15(31)8-38-26/h2-7,15,19,21-29,31-36H,8-9H2,1H3/t15-,19-,21+,22-,23+,24+,25+,26+,27-/m1/s1. The molecule has 0 aliphatic carbocycles. The van der Waals surface area contributed by atoms with Crippen molar-refractivity contribution in [2.45, 2.75) is 55.3 Å². The first-order valence-electron chi connectivity index (χ1n) is 12.8. The molecule has 2 aliphatic rings. The number of fused-ring (bicyclic) bond motifs is 1. The lowest BCUT2D eigenvalue weighted by atomic mass is 9.99. The van der Waals surface area contributed by atoms with E-state index in [9.17, 15) is 45.6 Å². The fourth-order valence-corrected chi connectivity index (χ4v) is 4.68. The number of hydrogen-bond acceptors (Lipinski definition) is 15. The summed E-state index contributed by atoms with van der Waals surface area (Å²) < 4.78 is 33.2. The molecule has 2 aromatic carbocycles. The van der Waals surface area contributed by atoms with Crippen molar-refractivity contribution in [1.82, 2.24) is 0 Å². The van der Waals surface area contributed by atoms with Crippen LogP contribution in [-0.4, -0.2) is 116 Å². The van der Waals surface area contributed by atoms with Crippen LogP contribution in [0.3, 0.4) is 0 Å². The summed E-state index contributed by atoms with van der Waals surface area (Å²) in [6.07, 6.45) is -13.9. The molecule has 8 N–H and O–H groups in total. The molecule has 228 valence electrons. The van der Waals surface area contributed by atoms with Crippen molar-refractivity contribution in [1.29, 1.82) is 0 Å². The van der Waals surface area contributed by atoms with E-state index in [4.69, 9.17) is 28.1 Å². The van der Waals surface area contributed by atoms with E-state index < -0.39 is 73.1 Å². The minimum absolute atomic E-state index is 0.00522. The summed E-state index contributed by atoms with van der Waals surface area (Å²) in [5, 5.41) is 80.5. The van der Waals surface area contributed by atoms with Gasteiger partial charge in [-0.1, -0.05) is 0 Å². The van der Waals surface area contributed by atoms with Gasteiger partial charge in [0.1, 0.15) is 71.0 Å². The van der Waals surface area contributed by atoms with Gasteiger partial charge in [-0.05, 0) is 18.2 Å². The molecular weight excluding hydrogens is 564 g/mol. The Hall–Kier alpha value is -3.51. The fourth-order valence-electron chi connectivity index (χ4n) is 4.68. The maximum absolute atomic E-state index is 13.0. The quantitative estimate of drug-likeness (QED) is 0.146. The van der Waals surface area contributed by atoms with Gasteiger partial charge in [0.15, 0.2) is 23.2 Å². The summed E-state index contributed by atoms with van der Waals surface area (Å²) in [6.45, 7) is -0.798. The Kier molecular flexibility index (Phi) is 8.56. The zero-order chi connectivity index (χ0) is 30.3. The summed E-state index contributed by atoms with van der Waals surface area (Å²) in [4.78, 5) is 13.0. The van der Waals surface area contributed by atoms with Crippen LogP contribution in [0.5, 0.6) is 23.0 Å². The Morgan fingerprint density at radius 1 is 0.857 bits per heavy atom. The maximum Gasteiger partial charge on any atom is 0.229 e. The summed E-state index contributed by atoms with van der Waals surface area (Å²) in [5.74, 6) is -0.711. The molecule has 15 heteroatoms. The van der Waals surface area contributed by atoms with E-state index in [-0.39, 0.29) is 46.1 Å². The molecule has 15 nitrogen and oxygen atoms in total. The first-order chi connectivity index (χ1) is 20.0. The van der Waals surface area contributed by atoms with E-state index in [1.54, 1.807) is 0 Å². The fraction of sp³-hybridized carbons (Fsp3) is 0.444. The Balaban J connectivity index is 1.39. The monoisotopic (exact) mass is 594 g/mol. The van der Waals surface area contributed by atoms with Gasteiger partial charge in [0, 0.05) is 23.8 Å². The van der Waals surface area contributed by atoms with Crippen LogP contribution < -0.4 is 14.9 Å². The maximum atomic E-state index is 13.0. The summed E-state index contributed by atoms with van der Waals surface area (Å²) in [5.41, 5.74) is -0.208. The van der Waals surface area contributed by atoms with E-state index >= 15 is 0 Å². The lowest BCUT2D eigenvalue weighted by molar-refractivity contribution is -0.307. The largest absolute Gasteiger partial charge is 0.504 e. The third-order valence-electron chi connectivity index (χ3n) is 7.05. The number of aliphatic hydroxyl groups is 6. The number of rotatable bonds is 7. The summed E-state index contributed by atoms with van der Waals surface area (Å²) >= 11 is 0. The molecule has 5 rings (SSSR count). The van der Waals surface area contributed by atoms with E-state index in [0.29, 0.717) is 0 Å². The molecule has 42 heavy (non-hydrogen) atoms. The molecule has 2 saturated heterocycles. The smallest absolute Gasteiger partial charge is 0.229 e. The van der Waals surface area contributed by atoms with Gasteiger partial charge in [0.05, 0.1) is 20.3 Å². The van der Waals surface area contributed by atoms with Crippen LogP contribution in [0.4, 0.5) is 0 Å². The first-order valence-corrected chi connectivity index (χ1v) is 12.8. The summed E-state index contributed by atoms with van der Waals surface area (Å²) in [7, 11) is 1.31. The number of methoxy groups -OCH3 is 1. The third kappa shape index (κ3) is 5.74. The number of aromatic hydroxyl groups is 2. The number of benzene rings is 2. The molecule has 3 heterocycles. The molecule has 9 atom stereocenters. The SMILES string of the molecule is COc1cc(O[C@@H]2O[C@H](CO[C@@H]3OC[C@@H](O)[C@H](O)[C@@H]3O)[C@@H](O)[C@H](O)[C@@H]2O)cc2oc(-c3ccc(O)c(O)c3)cc(=O)c12. The van der Waals surface area contributed by atoms with Crippen LogP contribution in [0.1, 0.15) is 0 Å². The highest BCUT2D eigenvalue weighted by molar-refractivity contribution is 5.86. The molecule has 0 bridgehead atoms. The predicted octanol–water partition coefficient (Wildman–Crippen LogP) is -1.48. The van der Waals surface area contributed by atoms with Gasteiger partial charge in [-0.3, -0.25) is 4.79 Å². The van der Waals surface area contributed by atoms with Gasteiger partial charge < -0.3 is 69.0 Å². The second kappa shape index (κ2) is 12.0. The molecule has 0 amide bonds. The average Bonchev–Trinajstić information content (AvgIpc) is 2.97. The molecule has 1 aromatic heterocycles. The number of hydrogen-bond donors (Lipinski definition) is 8. The van der Waals surface area contributed by atoms with Gasteiger partial charge in [0.25, 0.3) is 0 Å².